The number of benzene rings is 1. The van der Waals surface area contributed by atoms with Crippen LogP contribution in [0.4, 0.5) is 14.6 Å². The van der Waals surface area contributed by atoms with E-state index in [4.69, 9.17) is 10.5 Å². The summed E-state index contributed by atoms with van der Waals surface area (Å²) in [7, 11) is -4.95. The van der Waals surface area contributed by atoms with Gasteiger partial charge < -0.3 is 36.0 Å². The summed E-state index contributed by atoms with van der Waals surface area (Å²) in [6.07, 6.45) is -7.49. The predicted octanol–water partition coefficient (Wildman–Crippen LogP) is -2.18. The SMILES string of the molecule is Nc1ncnc2c1[nH]c[n+]2[C@@H]1O[C@H](COS(=O)(=O)N=C([O-])CC[C@]2(O)c3ccccc3[C@@H](O)C2(F)F)[C@@H](O)[C@H]1O. The number of hydrogen-bond acceptors (Lipinski definition) is 12. The number of hydrogen-bond donors (Lipinski definition) is 6. The monoisotopic (exact) mass is 586 g/mol. The van der Waals surface area contributed by atoms with Crippen molar-refractivity contribution in [3.05, 3.63) is 48.0 Å². The zero-order valence-corrected chi connectivity index (χ0v) is 21.1. The van der Waals surface area contributed by atoms with Crippen molar-refractivity contribution in [1.82, 2.24) is 15.0 Å². The molecule has 1 saturated heterocycles. The normalized spacial score (nSPS) is 30.1. The number of nitrogens with one attached hydrogen (secondary N) is 1. The maximum Gasteiger partial charge on any atom is 0.380 e. The quantitative estimate of drug-likeness (QED) is 0.0938. The smallest absolute Gasteiger partial charge is 0.380 e. The van der Waals surface area contributed by atoms with Gasteiger partial charge in [-0.05, 0) is 29.9 Å². The van der Waals surface area contributed by atoms with E-state index in [1.54, 1.807) is 0 Å². The van der Waals surface area contributed by atoms with Crippen molar-refractivity contribution in [3.63, 3.8) is 0 Å². The highest BCUT2D eigenvalue weighted by atomic mass is 32.2. The fraction of sp³-hybridized carbons (Fsp3) is 0.455. The van der Waals surface area contributed by atoms with Crippen LogP contribution in [0.3, 0.4) is 0 Å². The van der Waals surface area contributed by atoms with Crippen LogP contribution in [0, 0.1) is 0 Å². The summed E-state index contributed by atoms with van der Waals surface area (Å²) in [5.74, 6) is -5.35. The Labute approximate surface area is 224 Å². The van der Waals surface area contributed by atoms with E-state index < -0.39 is 77.8 Å². The van der Waals surface area contributed by atoms with Gasteiger partial charge in [0.15, 0.2) is 24.1 Å². The zero-order chi connectivity index (χ0) is 29.0. The number of aliphatic hydroxyl groups is 4. The number of rotatable bonds is 8. The molecule has 0 saturated carbocycles. The molecule has 216 valence electrons. The number of nitrogens with two attached hydrogens (primary N) is 1. The molecule has 0 spiro atoms. The minimum absolute atomic E-state index is 0.109. The minimum Gasteiger partial charge on any atom is -0.861 e. The third-order valence-electron chi connectivity index (χ3n) is 6.95. The Morgan fingerprint density at radius 3 is 2.73 bits per heavy atom. The second-order valence-corrected chi connectivity index (χ2v) is 10.6. The topological polar surface area (TPSA) is 240 Å². The van der Waals surface area contributed by atoms with Gasteiger partial charge in [0.2, 0.25) is 11.7 Å². The van der Waals surface area contributed by atoms with Crippen LogP contribution in [0.15, 0.2) is 41.3 Å². The number of H-pyrrole nitrogens is 1. The van der Waals surface area contributed by atoms with Gasteiger partial charge in [-0.3, -0.25) is 4.98 Å². The number of aromatic nitrogens is 4. The third-order valence-corrected chi connectivity index (χ3v) is 7.81. The number of nitrogens with zero attached hydrogens (tertiary/aromatic N) is 4. The van der Waals surface area contributed by atoms with Crippen LogP contribution in [-0.4, -0.2) is 80.5 Å². The maximum atomic E-state index is 14.7. The Balaban J connectivity index is 1.24. The lowest BCUT2D eigenvalue weighted by Crippen LogP contribution is -2.45. The molecule has 0 unspecified atom stereocenters. The number of nitrogen functional groups attached to an aromatic ring is 1. The van der Waals surface area contributed by atoms with E-state index >= 15 is 0 Å². The van der Waals surface area contributed by atoms with E-state index in [-0.39, 0.29) is 22.6 Å². The molecule has 3 heterocycles. The van der Waals surface area contributed by atoms with Crippen LogP contribution in [0.1, 0.15) is 36.3 Å². The first-order valence-corrected chi connectivity index (χ1v) is 13.2. The molecule has 18 heteroatoms. The van der Waals surface area contributed by atoms with E-state index in [0.29, 0.717) is 5.52 Å². The first kappa shape index (κ1) is 28.1. The van der Waals surface area contributed by atoms with Gasteiger partial charge in [0.1, 0.15) is 24.4 Å². The van der Waals surface area contributed by atoms with Gasteiger partial charge in [0, 0.05) is 0 Å². The van der Waals surface area contributed by atoms with Gasteiger partial charge in [-0.2, -0.15) is 26.6 Å². The molecule has 2 aliphatic rings. The van der Waals surface area contributed by atoms with Gasteiger partial charge in [-0.15, -0.1) is 0 Å². The van der Waals surface area contributed by atoms with Crippen molar-refractivity contribution in [2.75, 3.05) is 12.3 Å². The number of halogens is 2. The average Bonchev–Trinajstić information content (AvgIpc) is 3.50. The molecule has 6 atom stereocenters. The molecule has 40 heavy (non-hydrogen) atoms. The Bertz CT molecular complexity index is 1570. The van der Waals surface area contributed by atoms with E-state index in [2.05, 4.69) is 23.5 Å². The van der Waals surface area contributed by atoms with Gasteiger partial charge in [-0.25, -0.2) is 8.75 Å². The van der Waals surface area contributed by atoms with Crippen LogP contribution < -0.4 is 15.4 Å². The second-order valence-electron chi connectivity index (χ2n) is 9.35. The largest absolute Gasteiger partial charge is 0.861 e. The number of ether oxygens (including phenoxy) is 1. The summed E-state index contributed by atoms with van der Waals surface area (Å²) in [4.78, 5) is 10.6. The standard InChI is InChI=1S/C22H24F2N6O9S/c23-22(24)17(34)10-3-1-2-4-11(10)21(22,35)6-5-13(31)29-40(36,37)38-7-12-15(32)16(33)20(39-12)30-9-28-14-18(25)26-8-27-19(14)30/h1-4,8-9,12,15-17,20,32-35H,5-7H2,(H3,25,26,27,29,31)/t12-,15-,16-,17-,20-,21+/m1/s1. The fourth-order valence-electron chi connectivity index (χ4n) is 4.86. The molecule has 1 aliphatic carbocycles. The van der Waals surface area contributed by atoms with Crippen LogP contribution >= 0.6 is 0 Å². The molecule has 0 radical (unpaired) electrons. The summed E-state index contributed by atoms with van der Waals surface area (Å²) < 4.78 is 68.4. The fourth-order valence-corrected chi connectivity index (χ4v) is 5.56. The predicted molar refractivity (Wildman–Crippen MR) is 126 cm³/mol. The van der Waals surface area contributed by atoms with E-state index in [0.717, 1.165) is 0 Å². The molecule has 1 fully saturated rings. The molecule has 3 aromatic rings. The number of anilines is 1. The van der Waals surface area contributed by atoms with E-state index in [9.17, 15) is 42.7 Å². The Hall–Kier alpha value is -3.39. The molecule has 5 rings (SSSR count). The third kappa shape index (κ3) is 4.56. The van der Waals surface area contributed by atoms with Crippen molar-refractivity contribution in [3.8, 4) is 0 Å². The van der Waals surface area contributed by atoms with Gasteiger partial charge in [0.25, 0.3) is 0 Å². The molecule has 2 aromatic heterocycles. The summed E-state index contributed by atoms with van der Waals surface area (Å²) in [6.45, 7) is -0.866. The molecule has 7 N–H and O–H groups in total. The number of aliphatic hydroxyl groups excluding tert-OH is 3. The van der Waals surface area contributed by atoms with Crippen LogP contribution in [0.2, 0.25) is 0 Å². The van der Waals surface area contributed by atoms with Crippen molar-refractivity contribution >= 4 is 33.2 Å². The average molecular weight is 587 g/mol. The summed E-state index contributed by atoms with van der Waals surface area (Å²) >= 11 is 0. The molecule has 15 nitrogen and oxygen atoms in total. The number of aromatic amines is 1. The lowest BCUT2D eigenvalue weighted by atomic mass is 9.88. The number of alkyl halides is 2. The maximum absolute atomic E-state index is 14.7. The van der Waals surface area contributed by atoms with Crippen LogP contribution in [0.25, 0.3) is 11.2 Å². The second kappa shape index (κ2) is 9.91. The number of imidazole rings is 1. The van der Waals surface area contributed by atoms with Crippen molar-refractivity contribution in [2.24, 2.45) is 4.40 Å². The highest BCUT2D eigenvalue weighted by molar-refractivity contribution is 7.85. The summed E-state index contributed by atoms with van der Waals surface area (Å²) in [5, 5.41) is 53.7. The molecular weight excluding hydrogens is 562 g/mol. The molecule has 0 bridgehead atoms. The lowest BCUT2D eigenvalue weighted by Gasteiger charge is -2.32. The number of fused-ring (bicyclic) bond motifs is 2. The van der Waals surface area contributed by atoms with Crippen molar-refractivity contribution in [1.29, 1.82) is 0 Å². The van der Waals surface area contributed by atoms with Crippen LogP contribution in [0.5, 0.6) is 0 Å². The first-order chi connectivity index (χ1) is 18.8. The van der Waals surface area contributed by atoms with Crippen molar-refractivity contribution < 1.29 is 56.2 Å². The van der Waals surface area contributed by atoms with Crippen LogP contribution in [-0.2, 0) is 24.8 Å². The highest BCUT2D eigenvalue weighted by Gasteiger charge is 2.64. The zero-order valence-electron chi connectivity index (χ0n) is 20.3. The van der Waals surface area contributed by atoms with E-state index in [1.807, 2.05) is 0 Å². The highest BCUT2D eigenvalue weighted by Crippen LogP contribution is 2.56. The Kier molecular flexibility index (Phi) is 6.97. The van der Waals surface area contributed by atoms with E-state index in [1.165, 1.54) is 41.5 Å². The first-order valence-electron chi connectivity index (χ1n) is 11.8. The van der Waals surface area contributed by atoms with Gasteiger partial charge in [-0.1, -0.05) is 29.2 Å². The Morgan fingerprint density at radius 1 is 1.25 bits per heavy atom. The summed E-state index contributed by atoms with van der Waals surface area (Å²) in [6, 6.07) is 5.14. The minimum atomic E-state index is -4.95. The van der Waals surface area contributed by atoms with Gasteiger partial charge in [0.05, 0.1) is 6.61 Å². The molecular formula is C22H24F2N6O9S. The van der Waals surface area contributed by atoms with Gasteiger partial charge >= 0.3 is 21.9 Å². The molecule has 1 aromatic carbocycles. The molecule has 0 amide bonds. The lowest BCUT2D eigenvalue weighted by molar-refractivity contribution is -0.745. The Morgan fingerprint density at radius 2 is 1.98 bits per heavy atom. The molecule has 1 aliphatic heterocycles. The summed E-state index contributed by atoms with van der Waals surface area (Å²) in [5.41, 5.74) is 2.86. The van der Waals surface area contributed by atoms with Crippen molar-refractivity contribution in [2.45, 2.75) is 55.0 Å².